The van der Waals surface area contributed by atoms with E-state index in [1.54, 1.807) is 0 Å². The Kier molecular flexibility index (Phi) is 6.25. The van der Waals surface area contributed by atoms with Crippen molar-refractivity contribution in [3.63, 3.8) is 0 Å². The van der Waals surface area contributed by atoms with Crippen LogP contribution in [0, 0.1) is 5.41 Å². The van der Waals surface area contributed by atoms with Crippen LogP contribution in [0.1, 0.15) is 52.2 Å². The van der Waals surface area contributed by atoms with E-state index < -0.39 is 11.0 Å². The molecule has 0 aromatic heterocycles. The molecule has 0 radical (unpaired) electrons. The number of Topliss-reactive ketones (excluding diaryl/α,β-unsaturated/α-hetero) is 2. The number of benzene rings is 6. The Balaban J connectivity index is 1.32. The predicted molar refractivity (Wildman–Crippen MR) is 198 cm³/mol. The summed E-state index contributed by atoms with van der Waals surface area (Å²) in [7, 11) is 2.14. The molecule has 240 valence electrons. The number of ketones is 2. The second kappa shape index (κ2) is 10.5. The fourth-order valence-electron chi connectivity index (χ4n) is 10.8. The Labute approximate surface area is 286 Å². The molecule has 49 heavy (non-hydrogen) atoms. The molecule has 1 unspecified atom stereocenters. The lowest BCUT2D eigenvalue weighted by atomic mass is 9.54. The highest BCUT2D eigenvalue weighted by atomic mass is 16.1. The lowest BCUT2D eigenvalue weighted by Gasteiger charge is -2.52. The van der Waals surface area contributed by atoms with Crippen molar-refractivity contribution in [2.75, 3.05) is 26.7 Å². The summed E-state index contributed by atoms with van der Waals surface area (Å²) in [5, 5.41) is 6.73. The summed E-state index contributed by atoms with van der Waals surface area (Å²) >= 11 is 0. The molecule has 6 aromatic rings. The topological polar surface area (TPSA) is 40.6 Å². The van der Waals surface area contributed by atoms with Gasteiger partial charge in [-0.1, -0.05) is 128 Å². The lowest BCUT2D eigenvalue weighted by Crippen LogP contribution is -2.65. The molecule has 3 aliphatic heterocycles. The number of likely N-dealkylation sites (tertiary alicyclic amines) is 1. The Hall–Kier alpha value is -4.90. The number of hydrogen-bond donors (Lipinski definition) is 0. The maximum atomic E-state index is 16.2. The van der Waals surface area contributed by atoms with E-state index in [4.69, 9.17) is 0 Å². The minimum Gasteiger partial charge on any atom is -0.301 e. The Morgan fingerprint density at radius 3 is 2.20 bits per heavy atom. The van der Waals surface area contributed by atoms with Gasteiger partial charge in [-0.15, -0.1) is 0 Å². The fourth-order valence-corrected chi connectivity index (χ4v) is 10.8. The SMILES string of the molecule is CN1C/C(=C\c2cccc3ccccc23)C(=O)C2(C1)[C@@H](c1cccc3ccccc13)[C@@H]1CCCCN1[C@@]21C(=O)c2cccc3cccc1c23. The molecule has 10 rings (SSSR count). The summed E-state index contributed by atoms with van der Waals surface area (Å²) in [6, 6.07) is 42.5. The lowest BCUT2D eigenvalue weighted by molar-refractivity contribution is -0.134. The summed E-state index contributed by atoms with van der Waals surface area (Å²) in [5.74, 6) is 0.0460. The van der Waals surface area contributed by atoms with Crippen LogP contribution in [0.4, 0.5) is 0 Å². The predicted octanol–water partition coefficient (Wildman–Crippen LogP) is 8.77. The molecule has 0 amide bonds. The van der Waals surface area contributed by atoms with Gasteiger partial charge in [0.05, 0.1) is 5.41 Å². The van der Waals surface area contributed by atoms with Crippen LogP contribution in [-0.4, -0.2) is 54.1 Å². The molecule has 4 heteroatoms. The minimum atomic E-state index is -1.12. The normalized spacial score (nSPS) is 27.7. The van der Waals surface area contributed by atoms with Crippen LogP contribution in [0.15, 0.2) is 127 Å². The number of carbonyl (C=O) groups excluding carboxylic acids is 2. The quantitative estimate of drug-likeness (QED) is 0.178. The number of fused-ring (bicyclic) bond motifs is 6. The minimum absolute atomic E-state index is 0.0438. The largest absolute Gasteiger partial charge is 0.301 e. The van der Waals surface area contributed by atoms with Gasteiger partial charge in [0.25, 0.3) is 0 Å². The number of piperidine rings is 2. The molecule has 3 heterocycles. The zero-order chi connectivity index (χ0) is 32.9. The van der Waals surface area contributed by atoms with E-state index in [-0.39, 0.29) is 23.5 Å². The third-order valence-electron chi connectivity index (χ3n) is 12.4. The summed E-state index contributed by atoms with van der Waals surface area (Å²) < 4.78 is 0. The molecule has 4 atom stereocenters. The first-order chi connectivity index (χ1) is 24.0. The highest BCUT2D eigenvalue weighted by molar-refractivity contribution is 6.24. The van der Waals surface area contributed by atoms with Crippen LogP contribution in [0.2, 0.25) is 0 Å². The molecule has 1 aliphatic carbocycles. The Bertz CT molecular complexity index is 2390. The van der Waals surface area contributed by atoms with Gasteiger partial charge in [0.15, 0.2) is 11.6 Å². The standard InChI is InChI=1S/C45H38N2O2/c1-46-27-33(26-32-18-8-14-29-12-2-4-19-34(29)32)42(48)44(28-46)41(36-21-9-15-30-13-3-5-20-35(30)36)39-24-6-7-25-47(39)45(44)38-23-11-17-31-16-10-22-37(40(31)38)43(45)49/h2-5,8-23,26,39,41H,6-7,24-25,27-28H2,1H3/b33-26+/t39-,41-,44?,45-/m0/s1. The second-order valence-electron chi connectivity index (χ2n) is 14.8. The van der Waals surface area contributed by atoms with Gasteiger partial charge in [-0.2, -0.15) is 0 Å². The molecule has 3 saturated heterocycles. The van der Waals surface area contributed by atoms with Crippen molar-refractivity contribution in [2.24, 2.45) is 5.41 Å². The molecular weight excluding hydrogens is 601 g/mol. The molecule has 0 N–H and O–H groups in total. The van der Waals surface area contributed by atoms with Gasteiger partial charge in [0.1, 0.15) is 5.54 Å². The molecular formula is C45H38N2O2. The first kappa shape index (κ1) is 29.1. The van der Waals surface area contributed by atoms with E-state index >= 15 is 9.59 Å². The zero-order valence-electron chi connectivity index (χ0n) is 27.7. The van der Waals surface area contributed by atoms with Gasteiger partial charge in [-0.05, 0) is 81.5 Å². The molecule has 3 fully saturated rings. The van der Waals surface area contributed by atoms with Gasteiger partial charge in [-0.3, -0.25) is 14.5 Å². The van der Waals surface area contributed by atoms with Crippen LogP contribution in [0.5, 0.6) is 0 Å². The van der Waals surface area contributed by atoms with Crippen LogP contribution >= 0.6 is 0 Å². The molecule has 0 bridgehead atoms. The highest BCUT2D eigenvalue weighted by Gasteiger charge is 2.77. The summed E-state index contributed by atoms with van der Waals surface area (Å²) in [5.41, 5.74) is 2.62. The first-order valence-electron chi connectivity index (χ1n) is 17.8. The van der Waals surface area contributed by atoms with Gasteiger partial charge >= 0.3 is 0 Å². The van der Waals surface area contributed by atoms with Gasteiger partial charge in [0.2, 0.25) is 0 Å². The third kappa shape index (κ3) is 3.71. The van der Waals surface area contributed by atoms with Crippen LogP contribution in [0.25, 0.3) is 38.4 Å². The maximum absolute atomic E-state index is 16.2. The number of likely N-dealkylation sites (N-methyl/N-ethyl adjacent to an activating group) is 1. The van der Waals surface area contributed by atoms with Crippen LogP contribution < -0.4 is 0 Å². The number of carbonyl (C=O) groups is 2. The number of nitrogens with zero attached hydrogens (tertiary/aromatic N) is 2. The second-order valence-corrected chi connectivity index (χ2v) is 14.8. The molecule has 2 spiro atoms. The van der Waals surface area contributed by atoms with Crippen molar-refractivity contribution >= 4 is 50.0 Å². The molecule has 6 aromatic carbocycles. The average molecular weight is 639 g/mol. The van der Waals surface area contributed by atoms with Crippen molar-refractivity contribution in [1.29, 1.82) is 0 Å². The molecule has 4 aliphatic rings. The first-order valence-corrected chi connectivity index (χ1v) is 17.8. The van der Waals surface area contributed by atoms with Crippen molar-refractivity contribution in [1.82, 2.24) is 9.80 Å². The number of hydrogen-bond acceptors (Lipinski definition) is 4. The summed E-state index contributed by atoms with van der Waals surface area (Å²) in [6.45, 7) is 1.84. The van der Waals surface area contributed by atoms with Crippen molar-refractivity contribution < 1.29 is 9.59 Å². The third-order valence-corrected chi connectivity index (χ3v) is 12.4. The van der Waals surface area contributed by atoms with Crippen molar-refractivity contribution in [2.45, 2.75) is 36.8 Å². The Morgan fingerprint density at radius 1 is 0.694 bits per heavy atom. The average Bonchev–Trinajstić information content (AvgIpc) is 3.55. The van der Waals surface area contributed by atoms with Gasteiger partial charge in [0, 0.05) is 36.2 Å². The van der Waals surface area contributed by atoms with Crippen LogP contribution in [0.3, 0.4) is 0 Å². The smallest absolute Gasteiger partial charge is 0.189 e. The molecule has 4 nitrogen and oxygen atoms in total. The summed E-state index contributed by atoms with van der Waals surface area (Å²) in [4.78, 5) is 36.8. The summed E-state index contributed by atoms with van der Waals surface area (Å²) in [6.07, 6.45) is 5.19. The van der Waals surface area contributed by atoms with Gasteiger partial charge in [-0.25, -0.2) is 0 Å². The number of rotatable bonds is 2. The van der Waals surface area contributed by atoms with Crippen LogP contribution in [-0.2, 0) is 10.3 Å². The van der Waals surface area contributed by atoms with E-state index in [0.29, 0.717) is 13.1 Å². The van der Waals surface area contributed by atoms with E-state index in [2.05, 4.69) is 132 Å². The van der Waals surface area contributed by atoms with Gasteiger partial charge < -0.3 is 4.90 Å². The maximum Gasteiger partial charge on any atom is 0.189 e. The monoisotopic (exact) mass is 638 g/mol. The van der Waals surface area contributed by atoms with E-state index in [0.717, 1.165) is 69.6 Å². The van der Waals surface area contributed by atoms with Crippen molar-refractivity contribution in [3.8, 4) is 0 Å². The van der Waals surface area contributed by atoms with E-state index in [1.807, 2.05) is 12.1 Å². The van der Waals surface area contributed by atoms with E-state index in [1.165, 1.54) is 16.3 Å². The zero-order valence-corrected chi connectivity index (χ0v) is 27.7. The Morgan fingerprint density at radius 2 is 1.37 bits per heavy atom. The fraction of sp³-hybridized carbons (Fsp3) is 0.244. The van der Waals surface area contributed by atoms with Crippen molar-refractivity contribution in [3.05, 3.63) is 149 Å². The van der Waals surface area contributed by atoms with E-state index in [9.17, 15) is 0 Å². The highest BCUT2D eigenvalue weighted by Crippen LogP contribution is 2.69. The molecule has 0 saturated carbocycles.